The van der Waals surface area contributed by atoms with E-state index in [-0.39, 0.29) is 6.42 Å². The fourth-order valence-corrected chi connectivity index (χ4v) is 4.87. The molecule has 0 bridgehead atoms. The molecule has 12 heteroatoms. The zero-order valence-corrected chi connectivity index (χ0v) is 18.6. The van der Waals surface area contributed by atoms with Gasteiger partial charge in [0.2, 0.25) is 16.0 Å². The van der Waals surface area contributed by atoms with Gasteiger partial charge < -0.3 is 25.7 Å². The molecule has 0 radical (unpaired) electrons. The number of hydrazine groups is 1. The zero-order valence-electron chi connectivity index (χ0n) is 17.8. The smallest absolute Gasteiger partial charge is 0.340 e. The number of hydrogen-bond acceptors (Lipinski definition) is 10. The molecule has 1 aromatic rings. The Morgan fingerprint density at radius 2 is 1.97 bits per heavy atom. The summed E-state index contributed by atoms with van der Waals surface area (Å²) < 4.78 is 31.9. The summed E-state index contributed by atoms with van der Waals surface area (Å²) >= 11 is 0. The van der Waals surface area contributed by atoms with Crippen molar-refractivity contribution in [1.29, 1.82) is 0 Å². The molecule has 2 atom stereocenters. The molecule has 2 heterocycles. The van der Waals surface area contributed by atoms with Crippen LogP contribution in [0.5, 0.6) is 0 Å². The maximum Gasteiger partial charge on any atom is 0.346 e. The molecule has 0 spiro atoms. The number of nitrogens with two attached hydrogens (primary N) is 1. The second-order valence-corrected chi connectivity index (χ2v) is 9.34. The minimum absolute atomic E-state index is 0.0781. The van der Waals surface area contributed by atoms with Crippen LogP contribution in [-0.2, 0) is 14.8 Å². The molecule has 32 heavy (non-hydrogen) atoms. The average molecular weight is 461 g/mol. The molecule has 1 fully saturated rings. The predicted octanol–water partition coefficient (Wildman–Crippen LogP) is -0.0332. The van der Waals surface area contributed by atoms with Gasteiger partial charge in [-0.1, -0.05) is 36.4 Å². The van der Waals surface area contributed by atoms with Gasteiger partial charge in [-0.15, -0.1) is 5.01 Å². The first-order valence-corrected chi connectivity index (χ1v) is 11.8. The highest BCUT2D eigenvalue weighted by molar-refractivity contribution is 7.90. The lowest BCUT2D eigenvalue weighted by molar-refractivity contribution is -0.132. The van der Waals surface area contributed by atoms with Gasteiger partial charge in [-0.3, -0.25) is 0 Å². The molecule has 1 aromatic carbocycles. The van der Waals surface area contributed by atoms with E-state index in [4.69, 9.17) is 14.9 Å². The van der Waals surface area contributed by atoms with E-state index in [1.807, 2.05) is 18.2 Å². The number of guanidine groups is 1. The molecule has 2 aliphatic heterocycles. The largest absolute Gasteiger partial charge is 0.346 e. The molecular formula is C20H28N8O3S. The summed E-state index contributed by atoms with van der Waals surface area (Å²) in [6, 6.07) is 9.15. The lowest BCUT2D eigenvalue weighted by Gasteiger charge is -2.47. The SMILES string of the molecule is COC1(N(Nc2ccccc2)C2(S(N)(=O)=O)C=CC=CC2)N=CNC(N2CCNCC2)=N1. The van der Waals surface area contributed by atoms with Crippen LogP contribution in [0.4, 0.5) is 5.69 Å². The number of anilines is 1. The second-order valence-electron chi connectivity index (χ2n) is 7.55. The van der Waals surface area contributed by atoms with Gasteiger partial charge in [0.1, 0.15) is 0 Å². The number of sulfonamides is 1. The van der Waals surface area contributed by atoms with E-state index >= 15 is 0 Å². The van der Waals surface area contributed by atoms with Crippen LogP contribution in [0.2, 0.25) is 0 Å². The lowest BCUT2D eigenvalue weighted by Crippen LogP contribution is -2.68. The fraction of sp³-hybridized carbons (Fsp3) is 0.400. The zero-order chi connectivity index (χ0) is 22.7. The van der Waals surface area contributed by atoms with Crippen molar-refractivity contribution >= 4 is 28.0 Å². The third-order valence-electron chi connectivity index (χ3n) is 5.56. The molecule has 1 saturated heterocycles. The van der Waals surface area contributed by atoms with Gasteiger partial charge in [0.05, 0.1) is 6.34 Å². The van der Waals surface area contributed by atoms with Crippen molar-refractivity contribution < 1.29 is 13.2 Å². The van der Waals surface area contributed by atoms with Crippen LogP contribution in [0.1, 0.15) is 6.42 Å². The van der Waals surface area contributed by atoms with E-state index < -0.39 is 20.9 Å². The molecule has 4 rings (SSSR count). The van der Waals surface area contributed by atoms with E-state index in [0.29, 0.717) is 11.6 Å². The van der Waals surface area contributed by atoms with Crippen molar-refractivity contribution in [3.63, 3.8) is 0 Å². The first kappa shape index (κ1) is 22.4. The Balaban J connectivity index is 1.85. The molecule has 3 aliphatic rings. The van der Waals surface area contributed by atoms with Gasteiger partial charge in [-0.25, -0.2) is 18.5 Å². The summed E-state index contributed by atoms with van der Waals surface area (Å²) in [5, 5.41) is 13.5. The van der Waals surface area contributed by atoms with E-state index in [2.05, 4.69) is 26.0 Å². The van der Waals surface area contributed by atoms with Crippen LogP contribution >= 0.6 is 0 Å². The van der Waals surface area contributed by atoms with Crippen LogP contribution < -0.4 is 21.2 Å². The van der Waals surface area contributed by atoms with Crippen LogP contribution in [0.3, 0.4) is 0 Å². The summed E-state index contributed by atoms with van der Waals surface area (Å²) in [4.78, 5) is 9.55. The lowest BCUT2D eigenvalue weighted by atomic mass is 10.1. The van der Waals surface area contributed by atoms with Crippen molar-refractivity contribution in [2.45, 2.75) is 17.3 Å². The average Bonchev–Trinajstić information content (AvgIpc) is 2.83. The number of primary sulfonamides is 1. The second kappa shape index (κ2) is 9.00. The highest BCUT2D eigenvalue weighted by Gasteiger charge is 2.56. The third kappa shape index (κ3) is 4.14. The Morgan fingerprint density at radius 3 is 2.59 bits per heavy atom. The van der Waals surface area contributed by atoms with E-state index in [1.165, 1.54) is 24.5 Å². The molecule has 5 N–H and O–H groups in total. The van der Waals surface area contributed by atoms with E-state index in [0.717, 1.165) is 26.2 Å². The minimum Gasteiger partial charge on any atom is -0.340 e. The highest BCUT2D eigenvalue weighted by Crippen LogP contribution is 2.38. The molecule has 1 aliphatic carbocycles. The number of aliphatic imine (C=N–C) groups is 2. The van der Waals surface area contributed by atoms with Gasteiger partial charge in [0.15, 0.2) is 4.87 Å². The number of ether oxygens (including phenoxy) is 1. The van der Waals surface area contributed by atoms with E-state index in [9.17, 15) is 8.42 Å². The summed E-state index contributed by atoms with van der Waals surface area (Å²) in [6.45, 7) is 3.07. The van der Waals surface area contributed by atoms with Crippen molar-refractivity contribution in [3.8, 4) is 0 Å². The van der Waals surface area contributed by atoms with Gasteiger partial charge in [-0.2, -0.15) is 4.99 Å². The normalized spacial score (nSPS) is 27.8. The first-order valence-electron chi connectivity index (χ1n) is 10.3. The van der Waals surface area contributed by atoms with Gasteiger partial charge >= 0.3 is 5.97 Å². The topological polar surface area (TPSA) is 137 Å². The van der Waals surface area contributed by atoms with Crippen LogP contribution in [0, 0.1) is 0 Å². The van der Waals surface area contributed by atoms with Crippen molar-refractivity contribution in [3.05, 3.63) is 54.6 Å². The molecule has 11 nitrogen and oxygen atoms in total. The Kier molecular flexibility index (Phi) is 6.31. The fourth-order valence-electron chi connectivity index (χ4n) is 3.86. The molecule has 0 aromatic heterocycles. The Hall–Kier alpha value is -2.77. The van der Waals surface area contributed by atoms with Gasteiger partial charge in [0, 0.05) is 45.4 Å². The first-order chi connectivity index (χ1) is 15.4. The highest BCUT2D eigenvalue weighted by atomic mass is 32.2. The maximum absolute atomic E-state index is 13.0. The quantitative estimate of drug-likeness (QED) is 0.343. The summed E-state index contributed by atoms with van der Waals surface area (Å²) in [5.74, 6) is -1.22. The standard InChI is InChI=1S/C20H28N8O3S/c1-31-20(24-16-23-18(25-20)27-14-12-22-13-15-27)28(26-17-8-4-2-5-9-17)19(32(21,29)30)10-6-3-7-11-19/h2-10,16,22,26H,11-15H2,1H3,(H2,21,29,30)(H,23,24,25). The van der Waals surface area contributed by atoms with Crippen molar-refractivity contribution in [2.75, 3.05) is 38.7 Å². The number of hydrogen-bond donors (Lipinski definition) is 4. The number of nitrogens with zero attached hydrogens (tertiary/aromatic N) is 4. The Bertz CT molecular complexity index is 1040. The Labute approximate surface area is 187 Å². The molecular weight excluding hydrogens is 432 g/mol. The third-order valence-corrected chi connectivity index (χ3v) is 7.03. The van der Waals surface area contributed by atoms with Crippen LogP contribution in [0.25, 0.3) is 0 Å². The number of methoxy groups -OCH3 is 1. The summed E-state index contributed by atoms with van der Waals surface area (Å²) in [6.07, 6.45) is 8.21. The minimum atomic E-state index is -4.19. The Morgan fingerprint density at radius 1 is 1.22 bits per heavy atom. The number of rotatable bonds is 6. The molecule has 0 amide bonds. The summed E-state index contributed by atoms with van der Waals surface area (Å²) in [5.41, 5.74) is 3.79. The van der Waals surface area contributed by atoms with Crippen LogP contribution in [0.15, 0.2) is 64.6 Å². The van der Waals surface area contributed by atoms with Crippen molar-refractivity contribution in [1.82, 2.24) is 20.5 Å². The molecule has 0 saturated carbocycles. The van der Waals surface area contributed by atoms with Crippen molar-refractivity contribution in [2.24, 2.45) is 15.1 Å². The number of piperazine rings is 1. The number of allylic oxidation sites excluding steroid dienone is 2. The number of para-hydroxylation sites is 1. The van der Waals surface area contributed by atoms with Gasteiger partial charge in [0.25, 0.3) is 0 Å². The number of nitrogens with one attached hydrogen (secondary N) is 3. The predicted molar refractivity (Wildman–Crippen MR) is 124 cm³/mol. The van der Waals surface area contributed by atoms with E-state index in [1.54, 1.807) is 30.4 Å². The molecule has 2 unspecified atom stereocenters. The monoisotopic (exact) mass is 460 g/mol. The van der Waals surface area contributed by atoms with Crippen LogP contribution in [-0.4, -0.2) is 74.8 Å². The molecule has 172 valence electrons. The van der Waals surface area contributed by atoms with Gasteiger partial charge in [-0.05, 0) is 18.2 Å². The summed E-state index contributed by atoms with van der Waals surface area (Å²) in [7, 11) is -2.76. The number of benzene rings is 1. The maximum atomic E-state index is 13.0.